The van der Waals surface area contributed by atoms with Gasteiger partial charge in [0.05, 0.1) is 11.9 Å². The molecular weight excluding hydrogens is 400 g/mol. The molecule has 6 nitrogen and oxygen atoms in total. The van der Waals surface area contributed by atoms with Crippen LogP contribution in [0, 0.1) is 13.8 Å². The van der Waals surface area contributed by atoms with Crippen molar-refractivity contribution in [1.29, 1.82) is 0 Å². The summed E-state index contributed by atoms with van der Waals surface area (Å²) in [5, 5.41) is 2.78. The van der Waals surface area contributed by atoms with Gasteiger partial charge in [-0.2, -0.15) is 0 Å². The molecule has 0 spiro atoms. The summed E-state index contributed by atoms with van der Waals surface area (Å²) in [7, 11) is -3.66. The Kier molecular flexibility index (Phi) is 6.42. The number of nitrogens with one attached hydrogen (secondary N) is 1. The van der Waals surface area contributed by atoms with Crippen molar-refractivity contribution in [3.05, 3.63) is 83.9 Å². The predicted molar refractivity (Wildman–Crippen MR) is 120 cm³/mol. The van der Waals surface area contributed by atoms with Gasteiger partial charge in [-0.15, -0.1) is 0 Å². The molecule has 0 fully saturated rings. The van der Waals surface area contributed by atoms with Crippen LogP contribution in [0.5, 0.6) is 11.5 Å². The van der Waals surface area contributed by atoms with Gasteiger partial charge in [-0.1, -0.05) is 35.9 Å². The molecule has 156 valence electrons. The van der Waals surface area contributed by atoms with Crippen LogP contribution < -0.4 is 14.4 Å². The van der Waals surface area contributed by atoms with E-state index in [2.05, 4.69) is 5.32 Å². The Morgan fingerprint density at radius 1 is 0.933 bits per heavy atom. The monoisotopic (exact) mass is 424 g/mol. The number of rotatable bonds is 7. The number of amides is 1. The summed E-state index contributed by atoms with van der Waals surface area (Å²) in [6.07, 6.45) is 1.08. The predicted octanol–water partition coefficient (Wildman–Crippen LogP) is 4.50. The number of hydrogen-bond acceptors (Lipinski definition) is 4. The maximum Gasteiger partial charge on any atom is 0.245 e. The van der Waals surface area contributed by atoms with E-state index in [1.165, 1.54) is 0 Å². The van der Waals surface area contributed by atoms with Crippen LogP contribution in [0.4, 0.5) is 11.4 Å². The van der Waals surface area contributed by atoms with E-state index in [1.54, 1.807) is 24.3 Å². The minimum Gasteiger partial charge on any atom is -0.457 e. The van der Waals surface area contributed by atoms with E-state index in [0.717, 1.165) is 21.7 Å². The number of nitrogens with zero attached hydrogens (tertiary/aromatic N) is 1. The topological polar surface area (TPSA) is 75.7 Å². The van der Waals surface area contributed by atoms with Crippen molar-refractivity contribution in [2.45, 2.75) is 13.8 Å². The molecule has 0 heterocycles. The maximum absolute atomic E-state index is 12.5. The second-order valence-corrected chi connectivity index (χ2v) is 8.95. The van der Waals surface area contributed by atoms with Crippen LogP contribution in [-0.4, -0.2) is 27.1 Å². The smallest absolute Gasteiger partial charge is 0.245 e. The number of hydrogen-bond donors (Lipinski definition) is 1. The summed E-state index contributed by atoms with van der Waals surface area (Å²) in [6, 6.07) is 21.5. The summed E-state index contributed by atoms with van der Waals surface area (Å²) < 4.78 is 31.4. The lowest BCUT2D eigenvalue weighted by molar-refractivity contribution is -0.114. The highest BCUT2D eigenvalue weighted by Gasteiger charge is 2.21. The summed E-state index contributed by atoms with van der Waals surface area (Å²) in [6.45, 7) is 3.53. The quantitative estimate of drug-likeness (QED) is 0.606. The number of sulfonamides is 1. The first-order chi connectivity index (χ1) is 14.2. The highest BCUT2D eigenvalue weighted by atomic mass is 32.2. The highest BCUT2D eigenvalue weighted by Crippen LogP contribution is 2.25. The van der Waals surface area contributed by atoms with Crippen LogP contribution in [-0.2, 0) is 14.8 Å². The van der Waals surface area contributed by atoms with Gasteiger partial charge in [0.15, 0.2) is 0 Å². The SMILES string of the molecule is Cc1ccc(NC(=O)CN(c2ccc(Oc3ccccc3)cc2)S(C)(=O)=O)c(C)c1. The van der Waals surface area contributed by atoms with Crippen LogP contribution in [0.3, 0.4) is 0 Å². The average Bonchev–Trinajstić information content (AvgIpc) is 2.69. The van der Waals surface area contributed by atoms with Gasteiger partial charge in [-0.3, -0.25) is 9.10 Å². The lowest BCUT2D eigenvalue weighted by Gasteiger charge is -2.22. The average molecular weight is 425 g/mol. The number of anilines is 2. The van der Waals surface area contributed by atoms with E-state index >= 15 is 0 Å². The molecule has 0 radical (unpaired) electrons. The van der Waals surface area contributed by atoms with Gasteiger partial charge in [0.1, 0.15) is 18.0 Å². The van der Waals surface area contributed by atoms with E-state index in [1.807, 2.05) is 62.4 Å². The van der Waals surface area contributed by atoms with Crippen LogP contribution in [0.15, 0.2) is 72.8 Å². The molecule has 3 rings (SSSR count). The van der Waals surface area contributed by atoms with Crippen molar-refractivity contribution in [1.82, 2.24) is 0 Å². The van der Waals surface area contributed by atoms with E-state index < -0.39 is 15.9 Å². The third-order valence-corrected chi connectivity index (χ3v) is 5.59. The van der Waals surface area contributed by atoms with Crippen LogP contribution >= 0.6 is 0 Å². The molecule has 1 amide bonds. The molecule has 0 saturated heterocycles. The minimum absolute atomic E-state index is 0.328. The molecule has 30 heavy (non-hydrogen) atoms. The van der Waals surface area contributed by atoms with E-state index in [4.69, 9.17) is 4.74 Å². The standard InChI is InChI=1S/C23H24N2O4S/c1-17-9-14-22(18(2)15-17)24-23(26)16-25(30(3,27)28)19-10-12-21(13-11-19)29-20-7-5-4-6-8-20/h4-15H,16H2,1-3H3,(H,24,26). The summed E-state index contributed by atoms with van der Waals surface area (Å²) >= 11 is 0. The van der Waals surface area contributed by atoms with Crippen LogP contribution in [0.25, 0.3) is 0 Å². The second kappa shape index (κ2) is 9.00. The number of ether oxygens (including phenoxy) is 1. The number of benzene rings is 3. The number of para-hydroxylation sites is 1. The van der Waals surface area contributed by atoms with Gasteiger partial charge in [-0.05, 0) is 61.9 Å². The van der Waals surface area contributed by atoms with Crippen molar-refractivity contribution >= 4 is 27.3 Å². The number of aryl methyl sites for hydroxylation is 2. The zero-order valence-electron chi connectivity index (χ0n) is 17.1. The molecule has 0 aromatic heterocycles. The Morgan fingerprint density at radius 3 is 2.17 bits per heavy atom. The van der Waals surface area contributed by atoms with Gasteiger partial charge in [0.25, 0.3) is 0 Å². The van der Waals surface area contributed by atoms with Gasteiger partial charge < -0.3 is 10.1 Å². The molecule has 0 aliphatic carbocycles. The molecule has 0 aliphatic heterocycles. The van der Waals surface area contributed by atoms with Gasteiger partial charge in [-0.25, -0.2) is 8.42 Å². The van der Waals surface area contributed by atoms with Gasteiger partial charge >= 0.3 is 0 Å². The first-order valence-corrected chi connectivity index (χ1v) is 11.2. The number of carbonyl (C=O) groups excluding carboxylic acids is 1. The Labute approximate surface area is 177 Å². The Bertz CT molecular complexity index is 1130. The minimum atomic E-state index is -3.66. The third kappa shape index (κ3) is 5.61. The van der Waals surface area contributed by atoms with Gasteiger partial charge in [0, 0.05) is 5.69 Å². The molecule has 0 atom stereocenters. The first kappa shape index (κ1) is 21.4. The fourth-order valence-electron chi connectivity index (χ4n) is 2.98. The summed E-state index contributed by atoms with van der Waals surface area (Å²) in [5.74, 6) is 0.827. The number of carbonyl (C=O) groups is 1. The van der Waals surface area contributed by atoms with Crippen LogP contribution in [0.2, 0.25) is 0 Å². The Balaban J connectivity index is 1.75. The molecule has 0 aliphatic rings. The van der Waals surface area contributed by atoms with Crippen molar-refractivity contribution < 1.29 is 17.9 Å². The molecule has 3 aromatic rings. The van der Waals surface area contributed by atoms with E-state index in [9.17, 15) is 13.2 Å². The maximum atomic E-state index is 12.5. The summed E-state index contributed by atoms with van der Waals surface area (Å²) in [4.78, 5) is 12.5. The van der Waals surface area contributed by atoms with Crippen molar-refractivity contribution in [2.24, 2.45) is 0 Å². The summed E-state index contributed by atoms with van der Waals surface area (Å²) in [5.41, 5.74) is 3.04. The zero-order chi connectivity index (χ0) is 21.7. The fraction of sp³-hybridized carbons (Fsp3) is 0.174. The molecule has 7 heteroatoms. The first-order valence-electron chi connectivity index (χ1n) is 9.40. The molecule has 0 saturated carbocycles. The molecule has 0 unspecified atom stereocenters. The van der Waals surface area contributed by atoms with Crippen molar-refractivity contribution in [3.8, 4) is 11.5 Å². The lowest BCUT2D eigenvalue weighted by Crippen LogP contribution is -2.37. The van der Waals surface area contributed by atoms with Crippen LogP contribution in [0.1, 0.15) is 11.1 Å². The van der Waals surface area contributed by atoms with Gasteiger partial charge in [0.2, 0.25) is 15.9 Å². The highest BCUT2D eigenvalue weighted by molar-refractivity contribution is 7.92. The lowest BCUT2D eigenvalue weighted by atomic mass is 10.1. The molecule has 0 bridgehead atoms. The molecular formula is C23H24N2O4S. The normalized spacial score (nSPS) is 11.0. The largest absolute Gasteiger partial charge is 0.457 e. The second-order valence-electron chi connectivity index (χ2n) is 7.05. The zero-order valence-corrected chi connectivity index (χ0v) is 17.9. The van der Waals surface area contributed by atoms with Crippen molar-refractivity contribution in [3.63, 3.8) is 0 Å². The Hall–Kier alpha value is -3.32. The van der Waals surface area contributed by atoms with E-state index in [-0.39, 0.29) is 6.54 Å². The molecule has 1 N–H and O–H groups in total. The van der Waals surface area contributed by atoms with Crippen molar-refractivity contribution in [2.75, 3.05) is 22.4 Å². The fourth-order valence-corrected chi connectivity index (χ4v) is 3.84. The molecule has 3 aromatic carbocycles. The third-order valence-electron chi connectivity index (χ3n) is 4.45. The Morgan fingerprint density at radius 2 is 1.57 bits per heavy atom. The van der Waals surface area contributed by atoms with E-state index in [0.29, 0.717) is 22.9 Å².